The topological polar surface area (TPSA) is 206 Å². The largest absolute Gasteiger partial charge is 0.352 e. The van der Waals surface area contributed by atoms with E-state index in [0.29, 0.717) is 17.8 Å². The summed E-state index contributed by atoms with van der Waals surface area (Å²) >= 11 is 0. The lowest BCUT2D eigenvalue weighted by molar-refractivity contribution is -0.132. The molecule has 0 spiro atoms. The van der Waals surface area contributed by atoms with Gasteiger partial charge in [0.05, 0.1) is 5.69 Å². The summed E-state index contributed by atoms with van der Waals surface area (Å²) in [6, 6.07) is 3.45. The summed E-state index contributed by atoms with van der Waals surface area (Å²) in [6.45, 7) is 3.83. The standard InChI is InChI=1S/C24H33N7O6/c1-14(2)21(30-18(32)11-12-25)23(36)29-17(4-3-13-27-24(26)37)22(35)28-15-5-7-16(8-6-15)31-19(33)9-10-20(31)34/h5-10,14,17,21H,3-4,11-13,25H2,1-2H3,(H,28,35)(H,29,36)(H,30,32)(H3,26,27,37)/t17-,21-/m0/s1. The number of nitrogens with one attached hydrogen (secondary N) is 4. The van der Waals surface area contributed by atoms with Gasteiger partial charge in [0.2, 0.25) is 17.7 Å². The number of hydrogen-bond donors (Lipinski definition) is 6. The van der Waals surface area contributed by atoms with E-state index < -0.39 is 41.7 Å². The molecule has 0 radical (unpaired) electrons. The molecule has 0 aromatic heterocycles. The lowest BCUT2D eigenvalue weighted by Gasteiger charge is -2.25. The van der Waals surface area contributed by atoms with Crippen LogP contribution >= 0.6 is 0 Å². The number of imide groups is 1. The summed E-state index contributed by atoms with van der Waals surface area (Å²) in [5.74, 6) is -2.66. The lowest BCUT2D eigenvalue weighted by atomic mass is 10.0. The maximum Gasteiger partial charge on any atom is 0.312 e. The van der Waals surface area contributed by atoms with E-state index in [9.17, 15) is 28.8 Å². The highest BCUT2D eigenvalue weighted by Gasteiger charge is 2.29. The predicted molar refractivity (Wildman–Crippen MR) is 136 cm³/mol. The van der Waals surface area contributed by atoms with Crippen molar-refractivity contribution in [3.8, 4) is 0 Å². The summed E-state index contributed by atoms with van der Waals surface area (Å²) in [7, 11) is 0. The smallest absolute Gasteiger partial charge is 0.312 e. The van der Waals surface area contributed by atoms with Gasteiger partial charge in [-0.2, -0.15) is 0 Å². The Morgan fingerprint density at radius 3 is 2.11 bits per heavy atom. The summed E-state index contributed by atoms with van der Waals surface area (Å²) in [5, 5.41) is 10.4. The molecule has 7 amide bonds. The van der Waals surface area contributed by atoms with Crippen molar-refractivity contribution in [2.75, 3.05) is 23.3 Å². The van der Waals surface area contributed by atoms with Crippen LogP contribution in [-0.2, 0) is 24.0 Å². The van der Waals surface area contributed by atoms with Gasteiger partial charge in [0.15, 0.2) is 0 Å². The first-order chi connectivity index (χ1) is 17.5. The molecule has 8 N–H and O–H groups in total. The lowest BCUT2D eigenvalue weighted by Crippen LogP contribution is -2.54. The van der Waals surface area contributed by atoms with Crippen molar-refractivity contribution in [3.05, 3.63) is 36.4 Å². The third-order valence-electron chi connectivity index (χ3n) is 5.44. The number of urea groups is 1. The second-order valence-electron chi connectivity index (χ2n) is 8.70. The van der Waals surface area contributed by atoms with E-state index in [4.69, 9.17) is 11.5 Å². The normalized spacial score (nSPS) is 14.3. The molecule has 13 nitrogen and oxygen atoms in total. The zero-order valence-electron chi connectivity index (χ0n) is 20.8. The van der Waals surface area contributed by atoms with Crippen LogP contribution in [0.25, 0.3) is 0 Å². The number of anilines is 2. The average Bonchev–Trinajstić information content (AvgIpc) is 3.17. The Bertz CT molecular complexity index is 1040. The van der Waals surface area contributed by atoms with Crippen molar-refractivity contribution in [2.24, 2.45) is 17.4 Å². The number of nitrogens with zero attached hydrogens (tertiary/aromatic N) is 1. The summed E-state index contributed by atoms with van der Waals surface area (Å²) in [6.07, 6.45) is 2.89. The van der Waals surface area contributed by atoms with Crippen LogP contribution < -0.4 is 37.6 Å². The van der Waals surface area contributed by atoms with Crippen molar-refractivity contribution >= 4 is 46.9 Å². The number of primary amides is 1. The summed E-state index contributed by atoms with van der Waals surface area (Å²) in [4.78, 5) is 73.7. The number of rotatable bonds is 13. The number of nitrogens with two attached hydrogens (primary N) is 2. The summed E-state index contributed by atoms with van der Waals surface area (Å²) < 4.78 is 0. The molecule has 1 aromatic rings. The molecule has 0 fully saturated rings. The highest BCUT2D eigenvalue weighted by atomic mass is 16.2. The van der Waals surface area contributed by atoms with Crippen LogP contribution in [-0.4, -0.2) is 60.7 Å². The van der Waals surface area contributed by atoms with Gasteiger partial charge < -0.3 is 32.7 Å². The van der Waals surface area contributed by atoms with E-state index in [2.05, 4.69) is 21.3 Å². The van der Waals surface area contributed by atoms with Crippen LogP contribution in [0.3, 0.4) is 0 Å². The Labute approximate surface area is 214 Å². The molecule has 0 saturated heterocycles. The van der Waals surface area contributed by atoms with Gasteiger partial charge in [-0.3, -0.25) is 24.0 Å². The Morgan fingerprint density at radius 2 is 1.57 bits per heavy atom. The van der Waals surface area contributed by atoms with E-state index in [1.807, 2.05) is 0 Å². The van der Waals surface area contributed by atoms with Crippen molar-refractivity contribution in [1.82, 2.24) is 16.0 Å². The molecule has 1 aromatic carbocycles. The van der Waals surface area contributed by atoms with E-state index in [0.717, 1.165) is 4.90 Å². The van der Waals surface area contributed by atoms with Crippen LogP contribution in [0, 0.1) is 5.92 Å². The molecule has 2 atom stereocenters. The van der Waals surface area contributed by atoms with Crippen LogP contribution in [0.4, 0.5) is 16.2 Å². The average molecular weight is 516 g/mol. The maximum absolute atomic E-state index is 13.1. The zero-order valence-corrected chi connectivity index (χ0v) is 20.8. The van der Waals surface area contributed by atoms with Crippen LogP contribution in [0.1, 0.15) is 33.1 Å². The fourth-order valence-electron chi connectivity index (χ4n) is 3.54. The molecule has 0 aliphatic carbocycles. The maximum atomic E-state index is 13.1. The predicted octanol–water partition coefficient (Wildman–Crippen LogP) is -0.523. The van der Waals surface area contributed by atoms with Gasteiger partial charge in [0.1, 0.15) is 12.1 Å². The number of amides is 7. The van der Waals surface area contributed by atoms with Crippen LogP contribution in [0.2, 0.25) is 0 Å². The molecule has 0 unspecified atom stereocenters. The minimum atomic E-state index is -1.000. The minimum Gasteiger partial charge on any atom is -0.352 e. The number of carbonyl (C=O) groups excluding carboxylic acids is 6. The van der Waals surface area contributed by atoms with E-state index >= 15 is 0 Å². The summed E-state index contributed by atoms with van der Waals surface area (Å²) in [5.41, 5.74) is 11.2. The van der Waals surface area contributed by atoms with Gasteiger partial charge in [-0.05, 0) is 43.0 Å². The molecule has 2 rings (SSSR count). The van der Waals surface area contributed by atoms with Gasteiger partial charge in [-0.1, -0.05) is 13.8 Å². The van der Waals surface area contributed by atoms with Crippen molar-refractivity contribution in [2.45, 2.75) is 45.2 Å². The Balaban J connectivity index is 2.11. The fourth-order valence-corrected chi connectivity index (χ4v) is 3.54. The van der Waals surface area contributed by atoms with Crippen molar-refractivity contribution in [1.29, 1.82) is 0 Å². The van der Waals surface area contributed by atoms with E-state index in [1.165, 1.54) is 36.4 Å². The second-order valence-corrected chi connectivity index (χ2v) is 8.70. The number of carbonyl (C=O) groups is 6. The molecule has 0 saturated carbocycles. The minimum absolute atomic E-state index is 0.0554. The third kappa shape index (κ3) is 8.72. The highest BCUT2D eigenvalue weighted by Crippen LogP contribution is 2.21. The molecule has 0 bridgehead atoms. The monoisotopic (exact) mass is 515 g/mol. The second kappa shape index (κ2) is 13.7. The molecule has 1 heterocycles. The molecule has 13 heteroatoms. The first-order valence-electron chi connectivity index (χ1n) is 11.8. The van der Waals surface area contributed by atoms with Crippen molar-refractivity contribution < 1.29 is 28.8 Å². The highest BCUT2D eigenvalue weighted by molar-refractivity contribution is 6.28. The van der Waals surface area contributed by atoms with Crippen LogP contribution in [0.5, 0.6) is 0 Å². The molecule has 1 aliphatic rings. The van der Waals surface area contributed by atoms with Gasteiger partial charge >= 0.3 is 6.03 Å². The molecule has 37 heavy (non-hydrogen) atoms. The zero-order chi connectivity index (χ0) is 27.5. The van der Waals surface area contributed by atoms with Crippen molar-refractivity contribution in [3.63, 3.8) is 0 Å². The van der Waals surface area contributed by atoms with Gasteiger partial charge in [-0.15, -0.1) is 0 Å². The SMILES string of the molecule is CC(C)[C@H](NC(=O)CCN)C(=O)N[C@@H](CCCNC(N)=O)C(=O)Nc1ccc(N2C(=O)C=CC2=O)cc1. The molecular formula is C24H33N7O6. The fraction of sp³-hybridized carbons (Fsp3) is 0.417. The van der Waals surface area contributed by atoms with Crippen LogP contribution in [0.15, 0.2) is 36.4 Å². The first-order valence-corrected chi connectivity index (χ1v) is 11.8. The Morgan fingerprint density at radius 1 is 0.946 bits per heavy atom. The Kier molecular flexibility index (Phi) is 10.8. The van der Waals surface area contributed by atoms with E-state index in [1.54, 1.807) is 13.8 Å². The molecule has 200 valence electrons. The molecule has 1 aliphatic heterocycles. The van der Waals surface area contributed by atoms with Gasteiger partial charge in [0, 0.05) is 37.3 Å². The van der Waals surface area contributed by atoms with E-state index in [-0.39, 0.29) is 37.8 Å². The first kappa shape index (κ1) is 29.0. The third-order valence-corrected chi connectivity index (χ3v) is 5.44. The van der Waals surface area contributed by atoms with Gasteiger partial charge in [-0.25, -0.2) is 9.69 Å². The quantitative estimate of drug-likeness (QED) is 0.149. The number of benzene rings is 1. The number of hydrogen-bond acceptors (Lipinski definition) is 7. The molecular weight excluding hydrogens is 482 g/mol. The van der Waals surface area contributed by atoms with Gasteiger partial charge in [0.25, 0.3) is 11.8 Å². The Hall–Kier alpha value is -4.26.